The summed E-state index contributed by atoms with van der Waals surface area (Å²) in [4.78, 5) is 27.1. The fraction of sp³-hybridized carbons (Fsp3) is 0.111. The molecule has 1 atom stereocenters. The first-order valence-electron chi connectivity index (χ1n) is 7.83. The summed E-state index contributed by atoms with van der Waals surface area (Å²) in [7, 11) is 0. The van der Waals surface area contributed by atoms with Gasteiger partial charge >= 0.3 is 6.03 Å². The molecule has 3 rings (SSSR count). The standard InChI is InChI=1S/C18H16F2N4O2/c1-10(11-6-7-14(19)15(20)8-11)22-18(26)24-23-17(25)13-9-21-16-5-3-2-4-12(13)16/h2-10,21H,1H3,(H,23,25)(H2,22,24,26). The van der Waals surface area contributed by atoms with Gasteiger partial charge in [0.05, 0.1) is 11.6 Å². The monoisotopic (exact) mass is 358 g/mol. The second kappa shape index (κ2) is 7.22. The first-order valence-corrected chi connectivity index (χ1v) is 7.83. The fourth-order valence-corrected chi connectivity index (χ4v) is 2.54. The molecule has 1 heterocycles. The van der Waals surface area contributed by atoms with Crippen LogP contribution in [-0.2, 0) is 0 Å². The largest absolute Gasteiger partial charge is 0.360 e. The first kappa shape index (κ1) is 17.4. The number of fused-ring (bicyclic) bond motifs is 1. The highest BCUT2D eigenvalue weighted by molar-refractivity contribution is 6.07. The Balaban J connectivity index is 1.58. The van der Waals surface area contributed by atoms with Crippen molar-refractivity contribution in [2.45, 2.75) is 13.0 Å². The van der Waals surface area contributed by atoms with E-state index in [2.05, 4.69) is 21.2 Å². The van der Waals surface area contributed by atoms with Crippen LogP contribution >= 0.6 is 0 Å². The number of aromatic nitrogens is 1. The van der Waals surface area contributed by atoms with Crippen LogP contribution in [0, 0.1) is 11.6 Å². The molecule has 6 nitrogen and oxygen atoms in total. The van der Waals surface area contributed by atoms with Gasteiger partial charge in [-0.3, -0.25) is 10.2 Å². The topological polar surface area (TPSA) is 86.0 Å². The maximum absolute atomic E-state index is 13.3. The lowest BCUT2D eigenvalue weighted by molar-refractivity contribution is 0.0937. The first-order chi connectivity index (χ1) is 12.5. The number of H-pyrrole nitrogens is 1. The molecule has 0 fully saturated rings. The van der Waals surface area contributed by atoms with Crippen molar-refractivity contribution >= 4 is 22.8 Å². The Hall–Kier alpha value is -3.42. The number of halogens is 2. The number of aromatic amines is 1. The molecular weight excluding hydrogens is 342 g/mol. The quantitative estimate of drug-likeness (QED) is 0.542. The average molecular weight is 358 g/mol. The Kier molecular flexibility index (Phi) is 4.83. The van der Waals surface area contributed by atoms with Crippen molar-refractivity contribution in [3.05, 3.63) is 71.4 Å². The lowest BCUT2D eigenvalue weighted by Crippen LogP contribution is -2.47. The van der Waals surface area contributed by atoms with E-state index in [0.717, 1.165) is 23.0 Å². The van der Waals surface area contributed by atoms with Gasteiger partial charge in [-0.15, -0.1) is 0 Å². The van der Waals surface area contributed by atoms with E-state index in [1.54, 1.807) is 25.3 Å². The summed E-state index contributed by atoms with van der Waals surface area (Å²) >= 11 is 0. The van der Waals surface area contributed by atoms with E-state index >= 15 is 0 Å². The highest BCUT2D eigenvalue weighted by atomic mass is 19.2. The third-order valence-corrected chi connectivity index (χ3v) is 3.91. The Bertz CT molecular complexity index is 971. The molecule has 134 valence electrons. The molecular formula is C18H16F2N4O2. The lowest BCUT2D eigenvalue weighted by Gasteiger charge is -2.15. The van der Waals surface area contributed by atoms with Crippen molar-refractivity contribution in [2.24, 2.45) is 0 Å². The molecule has 0 bridgehead atoms. The van der Waals surface area contributed by atoms with Crippen LogP contribution in [0.3, 0.4) is 0 Å². The van der Waals surface area contributed by atoms with Gasteiger partial charge in [0.2, 0.25) is 0 Å². The molecule has 0 aliphatic rings. The predicted molar refractivity (Wildman–Crippen MR) is 92.2 cm³/mol. The number of hydrogen-bond donors (Lipinski definition) is 4. The Morgan fingerprint density at radius 3 is 2.58 bits per heavy atom. The SMILES string of the molecule is CC(NC(=O)NNC(=O)c1c[nH]c2ccccc12)c1ccc(F)c(F)c1. The highest BCUT2D eigenvalue weighted by Gasteiger charge is 2.14. The molecule has 2 aromatic carbocycles. The molecule has 1 unspecified atom stereocenters. The second-order valence-electron chi connectivity index (χ2n) is 5.70. The second-order valence-corrected chi connectivity index (χ2v) is 5.70. The Morgan fingerprint density at radius 2 is 1.81 bits per heavy atom. The van der Waals surface area contributed by atoms with Gasteiger partial charge in [0.1, 0.15) is 0 Å². The van der Waals surface area contributed by atoms with Crippen LogP contribution in [0.2, 0.25) is 0 Å². The number of benzene rings is 2. The highest BCUT2D eigenvalue weighted by Crippen LogP contribution is 2.17. The molecule has 0 aliphatic heterocycles. The van der Waals surface area contributed by atoms with Crippen molar-refractivity contribution in [3.8, 4) is 0 Å². The zero-order valence-electron chi connectivity index (χ0n) is 13.8. The van der Waals surface area contributed by atoms with Crippen molar-refractivity contribution in [3.63, 3.8) is 0 Å². The zero-order chi connectivity index (χ0) is 18.7. The van der Waals surface area contributed by atoms with Crippen molar-refractivity contribution in [2.75, 3.05) is 0 Å². The van der Waals surface area contributed by atoms with E-state index in [9.17, 15) is 18.4 Å². The minimum atomic E-state index is -0.996. The number of para-hydroxylation sites is 1. The van der Waals surface area contributed by atoms with Gasteiger partial charge in [0.25, 0.3) is 5.91 Å². The van der Waals surface area contributed by atoms with Gasteiger partial charge in [-0.2, -0.15) is 0 Å². The van der Waals surface area contributed by atoms with Gasteiger partial charge < -0.3 is 10.3 Å². The molecule has 0 spiro atoms. The van der Waals surface area contributed by atoms with E-state index in [4.69, 9.17) is 0 Å². The number of hydrogen-bond acceptors (Lipinski definition) is 2. The zero-order valence-corrected chi connectivity index (χ0v) is 13.8. The third kappa shape index (κ3) is 3.64. The average Bonchev–Trinajstić information content (AvgIpc) is 3.06. The minimum absolute atomic E-state index is 0.384. The maximum atomic E-state index is 13.3. The Labute approximate surface area is 147 Å². The van der Waals surface area contributed by atoms with Gasteiger partial charge in [-0.25, -0.2) is 19.0 Å². The lowest BCUT2D eigenvalue weighted by atomic mass is 10.1. The molecule has 3 amide bonds. The van der Waals surface area contributed by atoms with E-state index in [1.807, 2.05) is 12.1 Å². The molecule has 26 heavy (non-hydrogen) atoms. The van der Waals surface area contributed by atoms with E-state index in [1.165, 1.54) is 6.07 Å². The predicted octanol–water partition coefficient (Wildman–Crippen LogP) is 3.15. The Morgan fingerprint density at radius 1 is 1.04 bits per heavy atom. The van der Waals surface area contributed by atoms with E-state index in [-0.39, 0.29) is 0 Å². The number of rotatable bonds is 3. The van der Waals surface area contributed by atoms with Crippen LogP contribution in [0.4, 0.5) is 13.6 Å². The van der Waals surface area contributed by atoms with Gasteiger partial charge in [0, 0.05) is 17.1 Å². The van der Waals surface area contributed by atoms with Gasteiger partial charge in [0.15, 0.2) is 11.6 Å². The molecule has 4 N–H and O–H groups in total. The van der Waals surface area contributed by atoms with Crippen molar-refractivity contribution in [1.82, 2.24) is 21.2 Å². The molecule has 0 radical (unpaired) electrons. The maximum Gasteiger partial charge on any atom is 0.333 e. The van der Waals surface area contributed by atoms with Crippen LogP contribution in [0.1, 0.15) is 28.9 Å². The normalized spacial score (nSPS) is 11.8. The number of carbonyl (C=O) groups excluding carboxylic acids is 2. The summed E-state index contributed by atoms with van der Waals surface area (Å²) < 4.78 is 26.2. The van der Waals surface area contributed by atoms with Gasteiger partial charge in [-0.05, 0) is 30.7 Å². The van der Waals surface area contributed by atoms with Crippen LogP contribution in [0.25, 0.3) is 10.9 Å². The molecule has 3 aromatic rings. The smallest absolute Gasteiger partial charge is 0.333 e. The van der Waals surface area contributed by atoms with Crippen LogP contribution < -0.4 is 16.2 Å². The van der Waals surface area contributed by atoms with Crippen LogP contribution in [-0.4, -0.2) is 16.9 Å². The fourth-order valence-electron chi connectivity index (χ4n) is 2.54. The summed E-state index contributed by atoms with van der Waals surface area (Å²) in [6, 6.07) is 9.34. The van der Waals surface area contributed by atoms with Gasteiger partial charge in [-0.1, -0.05) is 24.3 Å². The number of carbonyl (C=O) groups is 2. The molecule has 1 aromatic heterocycles. The number of nitrogens with one attached hydrogen (secondary N) is 4. The van der Waals surface area contributed by atoms with Crippen LogP contribution in [0.5, 0.6) is 0 Å². The molecule has 0 saturated carbocycles. The summed E-state index contributed by atoms with van der Waals surface area (Å²) in [6.07, 6.45) is 1.55. The summed E-state index contributed by atoms with van der Waals surface area (Å²) in [5.74, 6) is -2.45. The van der Waals surface area contributed by atoms with E-state index in [0.29, 0.717) is 11.1 Å². The molecule has 8 heteroatoms. The number of urea groups is 1. The molecule has 0 saturated heterocycles. The number of amides is 3. The molecule has 0 aliphatic carbocycles. The minimum Gasteiger partial charge on any atom is -0.360 e. The summed E-state index contributed by atoms with van der Waals surface area (Å²) in [5.41, 5.74) is 6.10. The van der Waals surface area contributed by atoms with Crippen molar-refractivity contribution < 1.29 is 18.4 Å². The third-order valence-electron chi connectivity index (χ3n) is 3.91. The van der Waals surface area contributed by atoms with Crippen LogP contribution in [0.15, 0.2) is 48.7 Å². The summed E-state index contributed by atoms with van der Waals surface area (Å²) in [6.45, 7) is 1.60. The van der Waals surface area contributed by atoms with Crippen molar-refractivity contribution in [1.29, 1.82) is 0 Å². The number of hydrazine groups is 1. The van der Waals surface area contributed by atoms with E-state index < -0.39 is 29.6 Å². The summed E-state index contributed by atoms with van der Waals surface area (Å²) in [5, 5.41) is 3.24.